The number of alkyl halides is 1. The molecule has 6 nitrogen and oxygen atoms in total. The van der Waals surface area contributed by atoms with E-state index in [4.69, 9.17) is 11.6 Å². The van der Waals surface area contributed by atoms with E-state index >= 15 is 0 Å². The quantitative estimate of drug-likeness (QED) is 0.640. The summed E-state index contributed by atoms with van der Waals surface area (Å²) in [6.45, 7) is 3.56. The monoisotopic (exact) mass is 387 g/mol. The molecule has 1 N–H and O–H groups in total. The number of hydrogen-bond acceptors (Lipinski definition) is 4. The lowest BCUT2D eigenvalue weighted by Gasteiger charge is -2.34. The predicted octanol–water partition coefficient (Wildman–Crippen LogP) is 0.922. The van der Waals surface area contributed by atoms with Crippen molar-refractivity contribution in [1.29, 1.82) is 0 Å². The molecule has 0 bridgehead atoms. The maximum absolute atomic E-state index is 12.3. The molecule has 0 radical (unpaired) electrons. The zero-order valence-corrected chi connectivity index (χ0v) is 15.9. The Kier molecular flexibility index (Phi) is 8.15. The number of rotatable bonds is 9. The molecule has 140 valence electrons. The van der Waals surface area contributed by atoms with Gasteiger partial charge in [-0.15, -0.1) is 11.6 Å². The summed E-state index contributed by atoms with van der Waals surface area (Å²) in [6, 6.07) is 10.3. The van der Waals surface area contributed by atoms with Crippen LogP contribution in [0.3, 0.4) is 0 Å². The molecule has 1 aliphatic rings. The van der Waals surface area contributed by atoms with Crippen molar-refractivity contribution < 1.29 is 13.2 Å². The Morgan fingerprint density at radius 1 is 1.12 bits per heavy atom. The first-order valence-corrected chi connectivity index (χ1v) is 10.7. The van der Waals surface area contributed by atoms with Crippen LogP contribution in [0.5, 0.6) is 0 Å². The Bertz CT molecular complexity index is 632. The highest BCUT2D eigenvalue weighted by molar-refractivity contribution is 7.89. The van der Waals surface area contributed by atoms with E-state index in [9.17, 15) is 13.2 Å². The number of amides is 1. The number of halogens is 1. The van der Waals surface area contributed by atoms with E-state index in [-0.39, 0.29) is 30.5 Å². The normalized spacial score (nSPS) is 16.7. The van der Waals surface area contributed by atoms with Crippen LogP contribution in [0.25, 0.3) is 0 Å². The van der Waals surface area contributed by atoms with Gasteiger partial charge in [0.15, 0.2) is 0 Å². The van der Waals surface area contributed by atoms with Crippen LogP contribution >= 0.6 is 11.6 Å². The van der Waals surface area contributed by atoms with Gasteiger partial charge in [0.2, 0.25) is 15.9 Å². The average molecular weight is 388 g/mol. The molecule has 8 heteroatoms. The highest BCUT2D eigenvalue weighted by atomic mass is 35.5. The predicted molar refractivity (Wildman–Crippen MR) is 100 cm³/mol. The van der Waals surface area contributed by atoms with Gasteiger partial charge in [0.05, 0.1) is 5.75 Å². The van der Waals surface area contributed by atoms with Gasteiger partial charge in [-0.25, -0.2) is 8.42 Å². The lowest BCUT2D eigenvalue weighted by molar-refractivity contribution is -0.120. The maximum atomic E-state index is 12.3. The van der Waals surface area contributed by atoms with Crippen LogP contribution in [-0.2, 0) is 21.2 Å². The van der Waals surface area contributed by atoms with Crippen molar-refractivity contribution >= 4 is 27.5 Å². The Labute approximate surface area is 155 Å². The molecule has 25 heavy (non-hydrogen) atoms. The van der Waals surface area contributed by atoms with Gasteiger partial charge in [-0.05, 0) is 12.0 Å². The third kappa shape index (κ3) is 6.93. The molecule has 1 amide bonds. The first-order chi connectivity index (χ1) is 12.0. The number of nitrogens with one attached hydrogen (secondary N) is 1. The van der Waals surface area contributed by atoms with Gasteiger partial charge in [-0.1, -0.05) is 30.3 Å². The molecule has 1 fully saturated rings. The molecular weight excluding hydrogens is 362 g/mol. The second kappa shape index (κ2) is 10.1. The number of benzene rings is 1. The van der Waals surface area contributed by atoms with Crippen molar-refractivity contribution in [2.75, 3.05) is 50.9 Å². The van der Waals surface area contributed by atoms with Gasteiger partial charge in [-0.2, -0.15) is 4.31 Å². The summed E-state index contributed by atoms with van der Waals surface area (Å²) in [5.41, 5.74) is 1.30. The molecular formula is C17H26ClN3O3S. The van der Waals surface area contributed by atoms with Crippen molar-refractivity contribution in [1.82, 2.24) is 14.5 Å². The van der Waals surface area contributed by atoms with E-state index in [0.717, 1.165) is 26.1 Å². The number of sulfonamides is 1. The summed E-state index contributed by atoms with van der Waals surface area (Å²) in [4.78, 5) is 13.6. The van der Waals surface area contributed by atoms with Crippen LogP contribution in [0.15, 0.2) is 30.3 Å². The van der Waals surface area contributed by atoms with Crippen molar-refractivity contribution in [3.63, 3.8) is 0 Å². The fourth-order valence-electron chi connectivity index (χ4n) is 2.79. The first kappa shape index (κ1) is 20.2. The summed E-state index contributed by atoms with van der Waals surface area (Å²) in [6.07, 6.45) is 1.18. The van der Waals surface area contributed by atoms with Crippen molar-refractivity contribution in [3.05, 3.63) is 35.9 Å². The van der Waals surface area contributed by atoms with Crippen LogP contribution in [0.4, 0.5) is 0 Å². The summed E-state index contributed by atoms with van der Waals surface area (Å²) in [5, 5.41) is 2.59. The minimum Gasteiger partial charge on any atom is -0.355 e. The Morgan fingerprint density at radius 2 is 1.80 bits per heavy atom. The summed E-state index contributed by atoms with van der Waals surface area (Å²) in [7, 11) is -3.33. The van der Waals surface area contributed by atoms with Crippen molar-refractivity contribution in [2.24, 2.45) is 0 Å². The summed E-state index contributed by atoms with van der Waals surface area (Å²) in [5.74, 6) is -0.0369. The molecule has 1 saturated heterocycles. The second-order valence-corrected chi connectivity index (χ2v) is 8.55. The van der Waals surface area contributed by atoms with Crippen molar-refractivity contribution in [2.45, 2.75) is 12.8 Å². The second-order valence-electron chi connectivity index (χ2n) is 6.08. The van der Waals surface area contributed by atoms with Crippen LogP contribution in [0, 0.1) is 0 Å². The third-order valence-electron chi connectivity index (χ3n) is 4.29. The maximum Gasteiger partial charge on any atom is 0.221 e. The zero-order chi connectivity index (χ0) is 18.1. The molecule has 0 spiro atoms. The van der Waals surface area contributed by atoms with E-state index in [2.05, 4.69) is 22.3 Å². The lowest BCUT2D eigenvalue weighted by atomic mass is 10.1. The fraction of sp³-hybridized carbons (Fsp3) is 0.588. The number of piperazine rings is 1. The van der Waals surface area contributed by atoms with Crippen LogP contribution in [0.1, 0.15) is 12.0 Å². The molecule has 0 aliphatic carbocycles. The topological polar surface area (TPSA) is 69.7 Å². The van der Waals surface area contributed by atoms with Crippen LogP contribution < -0.4 is 5.32 Å². The molecule has 1 aromatic carbocycles. The number of carbonyl (C=O) groups excluding carboxylic acids is 1. The van der Waals surface area contributed by atoms with Gasteiger partial charge in [-0.3, -0.25) is 4.79 Å². The summed E-state index contributed by atoms with van der Waals surface area (Å²) < 4.78 is 26.2. The summed E-state index contributed by atoms with van der Waals surface area (Å²) >= 11 is 5.47. The largest absolute Gasteiger partial charge is 0.355 e. The van der Waals surface area contributed by atoms with Gasteiger partial charge in [0.25, 0.3) is 0 Å². The molecule has 1 heterocycles. The van der Waals surface area contributed by atoms with Gasteiger partial charge in [0, 0.05) is 51.6 Å². The van der Waals surface area contributed by atoms with Gasteiger partial charge >= 0.3 is 0 Å². The molecule has 1 aliphatic heterocycles. The molecule has 0 unspecified atom stereocenters. The van der Waals surface area contributed by atoms with E-state index in [1.165, 1.54) is 9.87 Å². The Hall–Kier alpha value is -1.15. The standard InChI is InChI=1S/C17H26ClN3O3S/c18-8-6-17(22)19-9-15-25(23,24)21-13-11-20(12-14-21)10-7-16-4-2-1-3-5-16/h1-5H,6-15H2,(H,19,22). The molecule has 1 aromatic rings. The number of hydrogen-bond donors (Lipinski definition) is 1. The Balaban J connectivity index is 1.70. The minimum absolute atomic E-state index is 0.0644. The molecule has 0 saturated carbocycles. The van der Waals surface area contributed by atoms with E-state index in [0.29, 0.717) is 13.1 Å². The molecule has 2 rings (SSSR count). The van der Waals surface area contributed by atoms with E-state index in [1.807, 2.05) is 18.2 Å². The fourth-order valence-corrected chi connectivity index (χ4v) is 4.30. The van der Waals surface area contributed by atoms with Gasteiger partial charge < -0.3 is 10.2 Å². The highest BCUT2D eigenvalue weighted by Crippen LogP contribution is 2.09. The van der Waals surface area contributed by atoms with Crippen molar-refractivity contribution in [3.8, 4) is 0 Å². The SMILES string of the molecule is O=C(CCCl)NCCS(=O)(=O)N1CCN(CCc2ccccc2)CC1. The van der Waals surface area contributed by atoms with Gasteiger partial charge in [0.1, 0.15) is 0 Å². The molecule has 0 atom stereocenters. The van der Waals surface area contributed by atoms with E-state index in [1.54, 1.807) is 0 Å². The smallest absolute Gasteiger partial charge is 0.221 e. The Morgan fingerprint density at radius 3 is 2.44 bits per heavy atom. The molecule has 0 aromatic heterocycles. The first-order valence-electron chi connectivity index (χ1n) is 8.58. The number of nitrogens with zero attached hydrogens (tertiary/aromatic N) is 2. The third-order valence-corrected chi connectivity index (χ3v) is 6.35. The van der Waals surface area contributed by atoms with E-state index < -0.39 is 10.0 Å². The van der Waals surface area contributed by atoms with Crippen LogP contribution in [0.2, 0.25) is 0 Å². The zero-order valence-electron chi connectivity index (χ0n) is 14.4. The highest BCUT2D eigenvalue weighted by Gasteiger charge is 2.26. The number of carbonyl (C=O) groups is 1. The average Bonchev–Trinajstić information content (AvgIpc) is 2.61. The lowest BCUT2D eigenvalue weighted by Crippen LogP contribution is -2.50. The minimum atomic E-state index is -3.33. The van der Waals surface area contributed by atoms with Crippen LogP contribution in [-0.4, -0.2) is 74.4 Å².